The molecule has 1 aromatic rings. The molecule has 1 aromatic heterocycles. The largest absolute Gasteiger partial charge is 0.354 e. The molecule has 102 valence electrons. The van der Waals surface area contributed by atoms with E-state index >= 15 is 0 Å². The molecular formula is C13H18N4O2. The van der Waals surface area contributed by atoms with E-state index in [4.69, 9.17) is 0 Å². The zero-order valence-corrected chi connectivity index (χ0v) is 11.0. The van der Waals surface area contributed by atoms with Gasteiger partial charge in [-0.2, -0.15) is 0 Å². The van der Waals surface area contributed by atoms with E-state index in [1.807, 2.05) is 6.92 Å². The van der Waals surface area contributed by atoms with E-state index in [0.717, 1.165) is 19.3 Å². The number of aromatic nitrogens is 2. The third-order valence-corrected chi connectivity index (χ3v) is 3.12. The number of nitrogens with one attached hydrogen (secondary N) is 2. The molecule has 1 aliphatic rings. The van der Waals surface area contributed by atoms with Crippen LogP contribution in [-0.4, -0.2) is 34.4 Å². The highest BCUT2D eigenvalue weighted by molar-refractivity contribution is 5.97. The topological polar surface area (TPSA) is 84.0 Å². The summed E-state index contributed by atoms with van der Waals surface area (Å²) in [5.74, 6) is 0.283. The van der Waals surface area contributed by atoms with Crippen LogP contribution in [0.2, 0.25) is 0 Å². The molecule has 0 unspecified atom stereocenters. The molecule has 2 N–H and O–H groups in total. The first-order valence-corrected chi connectivity index (χ1v) is 6.60. The molecule has 0 bridgehead atoms. The molecule has 0 radical (unpaired) electrons. The van der Waals surface area contributed by atoms with Gasteiger partial charge in [-0.1, -0.05) is 6.92 Å². The summed E-state index contributed by atoms with van der Waals surface area (Å²) in [7, 11) is 0. The Morgan fingerprint density at radius 1 is 1.42 bits per heavy atom. The number of amides is 2. The number of carbonyl (C=O) groups is 2. The lowest BCUT2D eigenvalue weighted by molar-refractivity contribution is -0.122. The minimum absolute atomic E-state index is 0.114. The van der Waals surface area contributed by atoms with Gasteiger partial charge in [-0.15, -0.1) is 0 Å². The molecule has 0 aromatic carbocycles. The number of rotatable bonds is 3. The maximum Gasteiger partial charge on any atom is 0.255 e. The van der Waals surface area contributed by atoms with Crippen LogP contribution in [0.4, 0.5) is 0 Å². The van der Waals surface area contributed by atoms with Crippen molar-refractivity contribution in [1.29, 1.82) is 0 Å². The zero-order chi connectivity index (χ0) is 13.7. The Bertz CT molecular complexity index is 458. The predicted octanol–water partition coefficient (Wildman–Crippen LogP) is 0.437. The molecule has 1 aliphatic heterocycles. The molecule has 0 aliphatic carbocycles. The Morgan fingerprint density at radius 2 is 2.16 bits per heavy atom. The summed E-state index contributed by atoms with van der Waals surface area (Å²) in [4.78, 5) is 31.9. The molecule has 1 atom stereocenters. The molecule has 0 saturated carbocycles. The minimum atomic E-state index is -0.458. The monoisotopic (exact) mass is 262 g/mol. The Hall–Kier alpha value is -1.98. The number of hydrogen-bond acceptors (Lipinski definition) is 4. The summed E-state index contributed by atoms with van der Waals surface area (Å²) < 4.78 is 0. The second kappa shape index (κ2) is 6.26. The molecule has 2 rings (SSSR count). The van der Waals surface area contributed by atoms with Crippen LogP contribution in [-0.2, 0) is 11.2 Å². The predicted molar refractivity (Wildman–Crippen MR) is 69.5 cm³/mol. The first-order valence-electron chi connectivity index (χ1n) is 6.60. The van der Waals surface area contributed by atoms with Crippen molar-refractivity contribution in [3.05, 3.63) is 23.8 Å². The number of aryl methyl sites for hydroxylation is 1. The van der Waals surface area contributed by atoms with Crippen LogP contribution in [0.25, 0.3) is 0 Å². The molecule has 2 amide bonds. The van der Waals surface area contributed by atoms with Gasteiger partial charge < -0.3 is 10.6 Å². The van der Waals surface area contributed by atoms with Gasteiger partial charge in [-0.3, -0.25) is 9.59 Å². The average Bonchev–Trinajstić information content (AvgIpc) is 2.64. The van der Waals surface area contributed by atoms with Gasteiger partial charge in [-0.05, 0) is 19.3 Å². The summed E-state index contributed by atoms with van der Waals surface area (Å²) in [5.41, 5.74) is 0.384. The average molecular weight is 262 g/mol. The van der Waals surface area contributed by atoms with Crippen LogP contribution in [0.1, 0.15) is 42.4 Å². The smallest absolute Gasteiger partial charge is 0.255 e. The fourth-order valence-electron chi connectivity index (χ4n) is 1.97. The van der Waals surface area contributed by atoms with Crippen LogP contribution in [0.5, 0.6) is 0 Å². The molecule has 0 spiro atoms. The van der Waals surface area contributed by atoms with Gasteiger partial charge in [0.05, 0.1) is 5.56 Å². The third kappa shape index (κ3) is 3.49. The lowest BCUT2D eigenvalue weighted by atomic mass is 10.1. The van der Waals surface area contributed by atoms with E-state index in [0.29, 0.717) is 24.4 Å². The van der Waals surface area contributed by atoms with Crippen molar-refractivity contribution >= 4 is 11.8 Å². The van der Waals surface area contributed by atoms with Crippen molar-refractivity contribution in [3.63, 3.8) is 0 Å². The second-order valence-electron chi connectivity index (χ2n) is 4.55. The highest BCUT2D eigenvalue weighted by atomic mass is 16.2. The zero-order valence-electron chi connectivity index (χ0n) is 11.0. The second-order valence-corrected chi connectivity index (χ2v) is 4.55. The van der Waals surface area contributed by atoms with Crippen molar-refractivity contribution in [2.24, 2.45) is 0 Å². The first-order chi connectivity index (χ1) is 9.20. The Balaban J connectivity index is 2.00. The number of nitrogens with zero attached hydrogens (tertiary/aromatic N) is 2. The van der Waals surface area contributed by atoms with Crippen LogP contribution in [0, 0.1) is 0 Å². The molecule has 6 heteroatoms. The van der Waals surface area contributed by atoms with Crippen molar-refractivity contribution in [1.82, 2.24) is 20.6 Å². The lowest BCUT2D eigenvalue weighted by Gasteiger charge is -2.14. The summed E-state index contributed by atoms with van der Waals surface area (Å²) >= 11 is 0. The lowest BCUT2D eigenvalue weighted by Crippen LogP contribution is -2.45. The molecule has 1 saturated heterocycles. The Kier molecular flexibility index (Phi) is 4.43. The van der Waals surface area contributed by atoms with E-state index in [-0.39, 0.29) is 11.8 Å². The van der Waals surface area contributed by atoms with Gasteiger partial charge in [0.15, 0.2) is 0 Å². The summed E-state index contributed by atoms with van der Waals surface area (Å²) in [6.45, 7) is 2.63. The highest BCUT2D eigenvalue weighted by Gasteiger charge is 2.22. The third-order valence-electron chi connectivity index (χ3n) is 3.12. The summed E-state index contributed by atoms with van der Waals surface area (Å²) in [6, 6.07) is -0.458. The summed E-state index contributed by atoms with van der Waals surface area (Å²) in [5, 5.41) is 5.52. The van der Waals surface area contributed by atoms with E-state index in [9.17, 15) is 9.59 Å². The van der Waals surface area contributed by atoms with Crippen molar-refractivity contribution in [3.8, 4) is 0 Å². The molecule has 1 fully saturated rings. The molecular weight excluding hydrogens is 244 g/mol. The van der Waals surface area contributed by atoms with Crippen LogP contribution >= 0.6 is 0 Å². The van der Waals surface area contributed by atoms with Gasteiger partial charge in [-0.25, -0.2) is 9.97 Å². The van der Waals surface area contributed by atoms with Crippen LogP contribution < -0.4 is 10.6 Å². The highest BCUT2D eigenvalue weighted by Crippen LogP contribution is 2.06. The quantitative estimate of drug-likeness (QED) is 0.827. The maximum absolute atomic E-state index is 12.0. The van der Waals surface area contributed by atoms with Crippen molar-refractivity contribution < 1.29 is 9.59 Å². The Morgan fingerprint density at radius 3 is 2.84 bits per heavy atom. The first kappa shape index (κ1) is 13.5. The van der Waals surface area contributed by atoms with Crippen molar-refractivity contribution in [2.45, 2.75) is 38.6 Å². The van der Waals surface area contributed by atoms with Gasteiger partial charge in [0.1, 0.15) is 11.9 Å². The molecule has 2 heterocycles. The van der Waals surface area contributed by atoms with E-state index in [1.54, 1.807) is 0 Å². The standard InChI is InChI=1S/C13H18N4O2/c1-2-11-15-7-9(8-16-11)12(18)17-10-5-3-4-6-14-13(10)19/h7-8,10H,2-6H2,1H3,(H,14,19)(H,17,18)/t10-/m0/s1. The van der Waals surface area contributed by atoms with Crippen LogP contribution in [0.3, 0.4) is 0 Å². The normalized spacial score (nSPS) is 19.4. The minimum Gasteiger partial charge on any atom is -0.354 e. The summed E-state index contributed by atoms with van der Waals surface area (Å²) in [6.07, 6.45) is 6.27. The maximum atomic E-state index is 12.0. The van der Waals surface area contributed by atoms with E-state index < -0.39 is 6.04 Å². The van der Waals surface area contributed by atoms with Crippen molar-refractivity contribution in [2.75, 3.05) is 6.54 Å². The van der Waals surface area contributed by atoms with Gasteiger partial charge in [0, 0.05) is 25.4 Å². The number of carbonyl (C=O) groups excluding carboxylic acids is 2. The fraction of sp³-hybridized carbons (Fsp3) is 0.538. The SMILES string of the molecule is CCc1ncc(C(=O)N[C@H]2CCCCNC2=O)cn1. The van der Waals surface area contributed by atoms with E-state index in [1.165, 1.54) is 12.4 Å². The van der Waals surface area contributed by atoms with Gasteiger partial charge in [0.2, 0.25) is 5.91 Å². The molecule has 6 nitrogen and oxygen atoms in total. The number of hydrogen-bond donors (Lipinski definition) is 2. The molecule has 19 heavy (non-hydrogen) atoms. The van der Waals surface area contributed by atoms with Crippen LogP contribution in [0.15, 0.2) is 12.4 Å². The Labute approximate surface area is 112 Å². The van der Waals surface area contributed by atoms with E-state index in [2.05, 4.69) is 20.6 Å². The van der Waals surface area contributed by atoms with Gasteiger partial charge in [0.25, 0.3) is 5.91 Å². The van der Waals surface area contributed by atoms with Gasteiger partial charge >= 0.3 is 0 Å². The fourth-order valence-corrected chi connectivity index (χ4v) is 1.97.